The Hall–Kier alpha value is -1.35. The van der Waals surface area contributed by atoms with E-state index in [0.29, 0.717) is 6.42 Å². The maximum absolute atomic E-state index is 11.6. The standard InChI is InChI=1S/C14H19NO2/c15-10-14(13(16)17)9-5-4-8-12(14)11-6-2-1-3-7-11/h1-3,6-7,12H,4-5,8-10,15H2,(H,16,17)/t12-,14+/m1/s1. The maximum Gasteiger partial charge on any atom is 0.311 e. The second kappa shape index (κ2) is 4.88. The van der Waals surface area contributed by atoms with E-state index in [1.807, 2.05) is 30.3 Å². The van der Waals surface area contributed by atoms with Gasteiger partial charge in [0.15, 0.2) is 0 Å². The summed E-state index contributed by atoms with van der Waals surface area (Å²) in [5.74, 6) is -0.687. The van der Waals surface area contributed by atoms with Crippen molar-refractivity contribution >= 4 is 5.97 Å². The summed E-state index contributed by atoms with van der Waals surface area (Å²) in [5.41, 5.74) is 6.13. The van der Waals surface area contributed by atoms with E-state index in [4.69, 9.17) is 5.73 Å². The highest BCUT2D eigenvalue weighted by atomic mass is 16.4. The molecule has 2 atom stereocenters. The van der Waals surface area contributed by atoms with Crippen molar-refractivity contribution in [1.82, 2.24) is 0 Å². The highest BCUT2D eigenvalue weighted by Crippen LogP contribution is 2.46. The molecule has 0 amide bonds. The Labute approximate surface area is 102 Å². The number of carboxylic acid groups (broad SMARTS) is 1. The zero-order chi connectivity index (χ0) is 12.3. The van der Waals surface area contributed by atoms with Gasteiger partial charge in [0.05, 0.1) is 5.41 Å². The van der Waals surface area contributed by atoms with Crippen LogP contribution in [0.25, 0.3) is 0 Å². The van der Waals surface area contributed by atoms with Gasteiger partial charge in [-0.2, -0.15) is 0 Å². The topological polar surface area (TPSA) is 63.3 Å². The maximum atomic E-state index is 11.6. The van der Waals surface area contributed by atoms with Crippen LogP contribution in [-0.2, 0) is 4.79 Å². The van der Waals surface area contributed by atoms with E-state index in [-0.39, 0.29) is 12.5 Å². The minimum Gasteiger partial charge on any atom is -0.481 e. The van der Waals surface area contributed by atoms with Crippen LogP contribution in [0.4, 0.5) is 0 Å². The first-order valence-corrected chi connectivity index (χ1v) is 6.19. The lowest BCUT2D eigenvalue weighted by Crippen LogP contribution is -2.45. The molecule has 1 aromatic carbocycles. The number of carbonyl (C=O) groups is 1. The summed E-state index contributed by atoms with van der Waals surface area (Å²) in [6, 6.07) is 9.92. The molecule has 1 saturated carbocycles. The predicted molar refractivity (Wildman–Crippen MR) is 66.8 cm³/mol. The first-order chi connectivity index (χ1) is 8.20. The van der Waals surface area contributed by atoms with Crippen molar-refractivity contribution in [3.8, 4) is 0 Å². The minimum absolute atomic E-state index is 0.0555. The predicted octanol–water partition coefficient (Wildman–Crippen LogP) is 2.37. The molecule has 1 aliphatic rings. The second-order valence-electron chi connectivity index (χ2n) is 4.87. The van der Waals surface area contributed by atoms with Gasteiger partial charge >= 0.3 is 5.97 Å². The van der Waals surface area contributed by atoms with Gasteiger partial charge in [-0.05, 0) is 18.4 Å². The summed E-state index contributed by atoms with van der Waals surface area (Å²) in [7, 11) is 0. The van der Waals surface area contributed by atoms with Gasteiger partial charge in [-0.3, -0.25) is 4.79 Å². The minimum atomic E-state index is -0.764. The first kappa shape index (κ1) is 12.1. The van der Waals surface area contributed by atoms with Crippen molar-refractivity contribution in [1.29, 1.82) is 0 Å². The van der Waals surface area contributed by atoms with Crippen LogP contribution in [0.3, 0.4) is 0 Å². The number of aliphatic carboxylic acids is 1. The lowest BCUT2D eigenvalue weighted by atomic mass is 9.63. The van der Waals surface area contributed by atoms with Gasteiger partial charge in [0.2, 0.25) is 0 Å². The fourth-order valence-corrected chi connectivity index (χ4v) is 3.00. The van der Waals surface area contributed by atoms with Crippen molar-refractivity contribution in [3.63, 3.8) is 0 Å². The van der Waals surface area contributed by atoms with Gasteiger partial charge in [0.25, 0.3) is 0 Å². The van der Waals surface area contributed by atoms with Crippen LogP contribution < -0.4 is 5.73 Å². The van der Waals surface area contributed by atoms with Crippen molar-refractivity contribution in [3.05, 3.63) is 35.9 Å². The quantitative estimate of drug-likeness (QED) is 0.842. The fraction of sp³-hybridized carbons (Fsp3) is 0.500. The molecular formula is C14H19NO2. The van der Waals surface area contributed by atoms with E-state index in [1.165, 1.54) is 0 Å². The molecule has 0 aliphatic heterocycles. The molecule has 0 spiro atoms. The van der Waals surface area contributed by atoms with Crippen molar-refractivity contribution in [2.75, 3.05) is 6.54 Å². The molecule has 0 aromatic heterocycles. The Morgan fingerprint density at radius 1 is 1.35 bits per heavy atom. The average molecular weight is 233 g/mol. The SMILES string of the molecule is NC[C@@]1(C(=O)O)CCCC[C@@H]1c1ccccc1. The molecule has 0 radical (unpaired) electrons. The van der Waals surface area contributed by atoms with Crippen LogP contribution in [0.2, 0.25) is 0 Å². The number of hydrogen-bond donors (Lipinski definition) is 2. The highest BCUT2D eigenvalue weighted by Gasteiger charge is 2.46. The van der Waals surface area contributed by atoms with Gasteiger partial charge in [-0.15, -0.1) is 0 Å². The third-order valence-electron chi connectivity index (χ3n) is 4.02. The molecule has 3 nitrogen and oxygen atoms in total. The third kappa shape index (κ3) is 2.07. The molecule has 3 N–H and O–H groups in total. The second-order valence-corrected chi connectivity index (χ2v) is 4.87. The van der Waals surface area contributed by atoms with Crippen LogP contribution in [0, 0.1) is 5.41 Å². The summed E-state index contributed by atoms with van der Waals surface area (Å²) in [5, 5.41) is 9.54. The van der Waals surface area contributed by atoms with E-state index in [9.17, 15) is 9.90 Å². The molecule has 0 saturated heterocycles. The van der Waals surface area contributed by atoms with Gasteiger partial charge in [0, 0.05) is 12.5 Å². The smallest absolute Gasteiger partial charge is 0.311 e. The summed E-state index contributed by atoms with van der Waals surface area (Å²) in [6.45, 7) is 0.224. The molecule has 1 fully saturated rings. The number of hydrogen-bond acceptors (Lipinski definition) is 2. The lowest BCUT2D eigenvalue weighted by Gasteiger charge is -2.40. The van der Waals surface area contributed by atoms with Crippen LogP contribution in [0.15, 0.2) is 30.3 Å². The third-order valence-corrected chi connectivity index (χ3v) is 4.02. The van der Waals surface area contributed by atoms with Crippen LogP contribution in [-0.4, -0.2) is 17.6 Å². The summed E-state index contributed by atoms with van der Waals surface area (Å²) >= 11 is 0. The molecule has 0 heterocycles. The number of carboxylic acids is 1. The largest absolute Gasteiger partial charge is 0.481 e. The molecule has 1 aromatic rings. The molecule has 17 heavy (non-hydrogen) atoms. The first-order valence-electron chi connectivity index (χ1n) is 6.19. The van der Waals surface area contributed by atoms with E-state index in [1.54, 1.807) is 0 Å². The van der Waals surface area contributed by atoms with Crippen LogP contribution in [0.1, 0.15) is 37.2 Å². The summed E-state index contributed by atoms with van der Waals surface area (Å²) in [6.07, 6.45) is 3.67. The molecule has 1 aliphatic carbocycles. The van der Waals surface area contributed by atoms with Gasteiger partial charge < -0.3 is 10.8 Å². The van der Waals surface area contributed by atoms with Gasteiger partial charge in [-0.1, -0.05) is 43.2 Å². The molecule has 2 rings (SSSR count). The van der Waals surface area contributed by atoms with E-state index >= 15 is 0 Å². The zero-order valence-electron chi connectivity index (χ0n) is 9.93. The molecular weight excluding hydrogens is 214 g/mol. The Morgan fingerprint density at radius 3 is 2.65 bits per heavy atom. The zero-order valence-corrected chi connectivity index (χ0v) is 9.93. The van der Waals surface area contributed by atoms with Crippen molar-refractivity contribution < 1.29 is 9.90 Å². The molecule has 3 heteroatoms. The van der Waals surface area contributed by atoms with E-state index in [2.05, 4.69) is 0 Å². The van der Waals surface area contributed by atoms with Crippen LogP contribution >= 0.6 is 0 Å². The Balaban J connectivity index is 2.38. The average Bonchev–Trinajstić information content (AvgIpc) is 2.39. The van der Waals surface area contributed by atoms with Crippen LogP contribution in [0.5, 0.6) is 0 Å². The van der Waals surface area contributed by atoms with E-state index < -0.39 is 11.4 Å². The monoisotopic (exact) mass is 233 g/mol. The van der Waals surface area contributed by atoms with Crippen molar-refractivity contribution in [2.24, 2.45) is 11.1 Å². The molecule has 0 unspecified atom stereocenters. The van der Waals surface area contributed by atoms with Gasteiger partial charge in [0.1, 0.15) is 0 Å². The molecule has 0 bridgehead atoms. The number of nitrogens with two attached hydrogens (primary N) is 1. The van der Waals surface area contributed by atoms with E-state index in [0.717, 1.165) is 24.8 Å². The Kier molecular flexibility index (Phi) is 3.48. The molecule has 92 valence electrons. The highest BCUT2D eigenvalue weighted by molar-refractivity contribution is 5.76. The Morgan fingerprint density at radius 2 is 2.06 bits per heavy atom. The number of benzene rings is 1. The van der Waals surface area contributed by atoms with Crippen molar-refractivity contribution in [2.45, 2.75) is 31.6 Å². The lowest BCUT2D eigenvalue weighted by molar-refractivity contribution is -0.151. The Bertz CT molecular complexity index is 390. The number of rotatable bonds is 3. The fourth-order valence-electron chi connectivity index (χ4n) is 3.00. The van der Waals surface area contributed by atoms with Gasteiger partial charge in [-0.25, -0.2) is 0 Å². The summed E-state index contributed by atoms with van der Waals surface area (Å²) < 4.78 is 0. The normalized spacial score (nSPS) is 28.9. The summed E-state index contributed by atoms with van der Waals surface area (Å²) in [4.78, 5) is 11.6.